The van der Waals surface area contributed by atoms with Crippen molar-refractivity contribution >= 4 is 5.78 Å². The zero-order valence-electron chi connectivity index (χ0n) is 10.7. The Labute approximate surface area is 102 Å². The number of hydrogen-bond donors (Lipinski definition) is 0. The van der Waals surface area contributed by atoms with Gasteiger partial charge in [-0.25, -0.2) is 0 Å². The first-order chi connectivity index (χ1) is 8.08. The van der Waals surface area contributed by atoms with E-state index < -0.39 is 0 Å². The fraction of sp³-hybridized carbons (Fsp3) is 0.357. The SMILES string of the molecule is CCc1cc(C(=O)C#CN(C)C)ccc1OC. The maximum Gasteiger partial charge on any atom is 0.237 e. The molecule has 90 valence electrons. The second-order valence-corrected chi connectivity index (χ2v) is 3.84. The van der Waals surface area contributed by atoms with Gasteiger partial charge in [0.15, 0.2) is 0 Å². The van der Waals surface area contributed by atoms with Gasteiger partial charge in [0, 0.05) is 25.7 Å². The minimum atomic E-state index is -0.170. The van der Waals surface area contributed by atoms with Crippen LogP contribution in [0, 0.1) is 12.0 Å². The number of aryl methyl sites for hydroxylation is 1. The lowest BCUT2D eigenvalue weighted by Gasteiger charge is -2.07. The number of benzene rings is 1. The van der Waals surface area contributed by atoms with Gasteiger partial charge in [-0.1, -0.05) is 6.92 Å². The predicted molar refractivity (Wildman–Crippen MR) is 68.2 cm³/mol. The van der Waals surface area contributed by atoms with Crippen LogP contribution in [-0.4, -0.2) is 31.9 Å². The molecule has 0 saturated heterocycles. The van der Waals surface area contributed by atoms with Crippen molar-refractivity contribution < 1.29 is 9.53 Å². The third-order valence-electron chi connectivity index (χ3n) is 2.32. The van der Waals surface area contributed by atoms with Crippen LogP contribution in [0.2, 0.25) is 0 Å². The van der Waals surface area contributed by atoms with Gasteiger partial charge in [0.2, 0.25) is 5.78 Å². The van der Waals surface area contributed by atoms with Gasteiger partial charge in [-0.2, -0.15) is 0 Å². The lowest BCUT2D eigenvalue weighted by atomic mass is 10.0. The number of ether oxygens (including phenoxy) is 1. The number of carbonyl (C=O) groups excluding carboxylic acids is 1. The lowest BCUT2D eigenvalue weighted by Crippen LogP contribution is -2.04. The van der Waals surface area contributed by atoms with Crippen molar-refractivity contribution in [3.8, 4) is 17.7 Å². The molecule has 0 amide bonds. The maximum atomic E-state index is 11.8. The van der Waals surface area contributed by atoms with Crippen molar-refractivity contribution in [2.75, 3.05) is 21.2 Å². The molecule has 1 aromatic carbocycles. The van der Waals surface area contributed by atoms with Crippen molar-refractivity contribution in [1.29, 1.82) is 0 Å². The van der Waals surface area contributed by atoms with Crippen molar-refractivity contribution in [3.63, 3.8) is 0 Å². The van der Waals surface area contributed by atoms with Crippen molar-refractivity contribution in [1.82, 2.24) is 4.90 Å². The van der Waals surface area contributed by atoms with Crippen molar-refractivity contribution in [3.05, 3.63) is 29.3 Å². The van der Waals surface area contributed by atoms with Crippen molar-refractivity contribution in [2.45, 2.75) is 13.3 Å². The molecule has 0 saturated carbocycles. The van der Waals surface area contributed by atoms with Crippen LogP contribution < -0.4 is 4.74 Å². The van der Waals surface area contributed by atoms with E-state index in [0.29, 0.717) is 5.56 Å². The Kier molecular flexibility index (Phi) is 4.59. The summed E-state index contributed by atoms with van der Waals surface area (Å²) in [5, 5.41) is 0. The summed E-state index contributed by atoms with van der Waals surface area (Å²) in [6.45, 7) is 2.03. The summed E-state index contributed by atoms with van der Waals surface area (Å²) in [5.41, 5.74) is 1.63. The van der Waals surface area contributed by atoms with Crippen LogP contribution in [0.4, 0.5) is 0 Å². The van der Waals surface area contributed by atoms with Crippen LogP contribution in [-0.2, 0) is 6.42 Å². The van der Waals surface area contributed by atoms with Gasteiger partial charge in [0.05, 0.1) is 7.11 Å². The Morgan fingerprint density at radius 2 is 2.12 bits per heavy atom. The van der Waals surface area contributed by atoms with Crippen LogP contribution in [0.15, 0.2) is 18.2 Å². The summed E-state index contributed by atoms with van der Waals surface area (Å²) in [4.78, 5) is 13.4. The highest BCUT2D eigenvalue weighted by atomic mass is 16.5. The molecular formula is C14H17NO2. The first-order valence-electron chi connectivity index (χ1n) is 5.48. The van der Waals surface area contributed by atoms with Gasteiger partial charge >= 0.3 is 0 Å². The molecule has 0 aromatic heterocycles. The number of carbonyl (C=O) groups is 1. The number of Topliss-reactive ketones (excluding diaryl/α,β-unsaturated/α-hetero) is 1. The molecule has 0 radical (unpaired) electrons. The topological polar surface area (TPSA) is 29.5 Å². The number of ketones is 1. The molecule has 0 heterocycles. The van der Waals surface area contributed by atoms with Gasteiger partial charge in [-0.3, -0.25) is 4.79 Å². The summed E-state index contributed by atoms with van der Waals surface area (Å²) in [6.07, 6.45) is 0.825. The highest BCUT2D eigenvalue weighted by Crippen LogP contribution is 2.20. The van der Waals surface area contributed by atoms with Crippen LogP contribution >= 0.6 is 0 Å². The van der Waals surface area contributed by atoms with E-state index in [4.69, 9.17) is 4.74 Å². The van der Waals surface area contributed by atoms with E-state index >= 15 is 0 Å². The average molecular weight is 231 g/mol. The van der Waals surface area contributed by atoms with Crippen LogP contribution in [0.25, 0.3) is 0 Å². The predicted octanol–water partition coefficient (Wildman–Crippen LogP) is 1.96. The Morgan fingerprint density at radius 3 is 2.65 bits per heavy atom. The summed E-state index contributed by atoms with van der Waals surface area (Å²) in [6, 6.07) is 8.10. The van der Waals surface area contributed by atoms with Gasteiger partial charge in [-0.15, -0.1) is 0 Å². The van der Waals surface area contributed by atoms with E-state index in [0.717, 1.165) is 17.7 Å². The number of rotatable bonds is 3. The molecule has 0 N–H and O–H groups in total. The molecular weight excluding hydrogens is 214 g/mol. The van der Waals surface area contributed by atoms with Crippen LogP contribution in [0.5, 0.6) is 5.75 Å². The molecule has 0 aliphatic carbocycles. The quantitative estimate of drug-likeness (QED) is 0.452. The molecule has 3 heteroatoms. The Morgan fingerprint density at radius 1 is 1.41 bits per heavy atom. The molecule has 0 aliphatic rings. The van der Waals surface area contributed by atoms with Gasteiger partial charge < -0.3 is 9.64 Å². The number of nitrogens with zero attached hydrogens (tertiary/aromatic N) is 1. The van der Waals surface area contributed by atoms with E-state index in [9.17, 15) is 4.79 Å². The normalized spacial score (nSPS) is 9.18. The molecule has 0 aliphatic heterocycles. The van der Waals surface area contributed by atoms with Crippen molar-refractivity contribution in [2.24, 2.45) is 0 Å². The Balaban J connectivity index is 3.01. The smallest absolute Gasteiger partial charge is 0.237 e. The summed E-state index contributed by atoms with van der Waals surface area (Å²) in [7, 11) is 5.22. The van der Waals surface area contributed by atoms with Gasteiger partial charge in [0.25, 0.3) is 0 Å². The van der Waals surface area contributed by atoms with E-state index in [1.807, 2.05) is 19.1 Å². The molecule has 0 spiro atoms. The summed E-state index contributed by atoms with van der Waals surface area (Å²) in [5.74, 6) is 3.22. The zero-order valence-corrected chi connectivity index (χ0v) is 10.7. The van der Waals surface area contributed by atoms with E-state index in [1.165, 1.54) is 0 Å². The molecule has 0 unspecified atom stereocenters. The molecule has 0 fully saturated rings. The number of methoxy groups -OCH3 is 1. The van der Waals surface area contributed by atoms with Gasteiger partial charge in [0.1, 0.15) is 5.75 Å². The molecule has 0 bridgehead atoms. The fourth-order valence-electron chi connectivity index (χ4n) is 1.43. The largest absolute Gasteiger partial charge is 0.496 e. The first kappa shape index (κ1) is 13.1. The molecule has 3 nitrogen and oxygen atoms in total. The maximum absolute atomic E-state index is 11.8. The molecule has 0 atom stereocenters. The second kappa shape index (κ2) is 5.95. The minimum absolute atomic E-state index is 0.170. The lowest BCUT2D eigenvalue weighted by molar-refractivity contribution is 0.105. The molecule has 1 rings (SSSR count). The van der Waals surface area contributed by atoms with Crippen LogP contribution in [0.1, 0.15) is 22.8 Å². The van der Waals surface area contributed by atoms with Gasteiger partial charge in [-0.05, 0) is 36.1 Å². The molecule has 17 heavy (non-hydrogen) atoms. The highest BCUT2D eigenvalue weighted by Gasteiger charge is 2.07. The van der Waals surface area contributed by atoms with E-state index in [2.05, 4.69) is 12.0 Å². The molecule has 1 aromatic rings. The highest BCUT2D eigenvalue weighted by molar-refractivity contribution is 6.09. The van der Waals surface area contributed by atoms with E-state index in [-0.39, 0.29) is 5.78 Å². The Bertz CT molecular complexity index is 467. The standard InChI is InChI=1S/C14H17NO2/c1-5-11-10-12(6-7-14(11)17-4)13(16)8-9-15(2)3/h6-7,10H,5H2,1-4H3. The third-order valence-corrected chi connectivity index (χ3v) is 2.32. The number of hydrogen-bond acceptors (Lipinski definition) is 3. The van der Waals surface area contributed by atoms with Crippen LogP contribution in [0.3, 0.4) is 0 Å². The minimum Gasteiger partial charge on any atom is -0.496 e. The summed E-state index contributed by atoms with van der Waals surface area (Å²) < 4.78 is 5.21. The fourth-order valence-corrected chi connectivity index (χ4v) is 1.43. The third kappa shape index (κ3) is 3.53. The summed E-state index contributed by atoms with van der Waals surface area (Å²) >= 11 is 0. The first-order valence-corrected chi connectivity index (χ1v) is 5.48. The Hall–Kier alpha value is -1.95. The zero-order chi connectivity index (χ0) is 12.8. The monoisotopic (exact) mass is 231 g/mol. The second-order valence-electron chi connectivity index (χ2n) is 3.84. The van der Waals surface area contributed by atoms with E-state index in [1.54, 1.807) is 32.2 Å². The average Bonchev–Trinajstić information content (AvgIpc) is 2.34.